The summed E-state index contributed by atoms with van der Waals surface area (Å²) in [6.07, 6.45) is 0. The Morgan fingerprint density at radius 2 is 1.94 bits per heavy atom. The number of nitrogens with zero attached hydrogens (tertiary/aromatic N) is 2. The summed E-state index contributed by atoms with van der Waals surface area (Å²) in [6.45, 7) is 2.03. The van der Waals surface area contributed by atoms with E-state index in [1.165, 1.54) is 16.8 Å². The molecule has 1 aromatic rings. The Morgan fingerprint density at radius 3 is 2.56 bits per heavy atom. The third-order valence-corrected chi connectivity index (χ3v) is 3.28. The first-order valence-corrected chi connectivity index (χ1v) is 5.77. The third-order valence-electron chi connectivity index (χ3n) is 3.28. The first-order chi connectivity index (χ1) is 7.59. The van der Waals surface area contributed by atoms with Gasteiger partial charge < -0.3 is 15.1 Å². The number of nitrogens with one attached hydrogen (secondary N) is 1. The SMILES string of the molecule is CN(C)c1ccc2c(c1)CNC[C@@H]2N(C)C. The fraction of sp³-hybridized carbons (Fsp3) is 0.538. The first kappa shape index (κ1) is 11.4. The highest BCUT2D eigenvalue weighted by Gasteiger charge is 2.21. The van der Waals surface area contributed by atoms with Crippen molar-refractivity contribution in [2.75, 3.05) is 39.6 Å². The lowest BCUT2D eigenvalue weighted by atomic mass is 9.95. The normalized spacial score (nSPS) is 19.7. The molecule has 0 unspecified atom stereocenters. The summed E-state index contributed by atoms with van der Waals surface area (Å²) in [5.41, 5.74) is 4.17. The number of anilines is 1. The van der Waals surface area contributed by atoms with Crippen LogP contribution in [-0.2, 0) is 6.54 Å². The Labute approximate surface area is 98.0 Å². The zero-order chi connectivity index (χ0) is 11.7. The van der Waals surface area contributed by atoms with Crippen LogP contribution >= 0.6 is 0 Å². The van der Waals surface area contributed by atoms with E-state index in [1.807, 2.05) is 0 Å². The highest BCUT2D eigenvalue weighted by atomic mass is 15.1. The molecule has 3 heteroatoms. The first-order valence-electron chi connectivity index (χ1n) is 5.77. The molecule has 1 atom stereocenters. The molecule has 1 heterocycles. The van der Waals surface area contributed by atoms with Gasteiger partial charge in [0.05, 0.1) is 0 Å². The molecular formula is C13H21N3. The Kier molecular flexibility index (Phi) is 3.17. The van der Waals surface area contributed by atoms with Gasteiger partial charge in [-0.05, 0) is 37.4 Å². The average Bonchev–Trinajstić information content (AvgIpc) is 2.27. The third kappa shape index (κ3) is 2.06. The zero-order valence-electron chi connectivity index (χ0n) is 10.6. The van der Waals surface area contributed by atoms with E-state index in [1.54, 1.807) is 0 Å². The van der Waals surface area contributed by atoms with Crippen molar-refractivity contribution in [1.82, 2.24) is 10.2 Å². The van der Waals surface area contributed by atoms with Gasteiger partial charge in [-0.25, -0.2) is 0 Å². The maximum atomic E-state index is 3.48. The van der Waals surface area contributed by atoms with E-state index in [4.69, 9.17) is 0 Å². The Morgan fingerprint density at radius 1 is 1.19 bits per heavy atom. The van der Waals surface area contributed by atoms with Crippen molar-refractivity contribution in [3.63, 3.8) is 0 Å². The minimum Gasteiger partial charge on any atom is -0.378 e. The summed E-state index contributed by atoms with van der Waals surface area (Å²) in [5.74, 6) is 0. The van der Waals surface area contributed by atoms with Gasteiger partial charge >= 0.3 is 0 Å². The smallest absolute Gasteiger partial charge is 0.0470 e. The molecule has 2 rings (SSSR count). The van der Waals surface area contributed by atoms with Gasteiger partial charge in [-0.3, -0.25) is 0 Å². The second kappa shape index (κ2) is 4.44. The monoisotopic (exact) mass is 219 g/mol. The van der Waals surface area contributed by atoms with Gasteiger partial charge in [-0.2, -0.15) is 0 Å². The van der Waals surface area contributed by atoms with Gasteiger partial charge in [0.2, 0.25) is 0 Å². The van der Waals surface area contributed by atoms with Crippen LogP contribution in [0.5, 0.6) is 0 Å². The van der Waals surface area contributed by atoms with Crippen LogP contribution in [0.4, 0.5) is 5.69 Å². The van der Waals surface area contributed by atoms with Crippen molar-refractivity contribution in [2.24, 2.45) is 0 Å². The minimum absolute atomic E-state index is 0.500. The molecule has 0 saturated carbocycles. The highest BCUT2D eigenvalue weighted by molar-refractivity contribution is 5.51. The molecule has 88 valence electrons. The molecule has 0 aromatic heterocycles. The van der Waals surface area contributed by atoms with Crippen molar-refractivity contribution < 1.29 is 0 Å². The number of benzene rings is 1. The Bertz CT molecular complexity index is 371. The fourth-order valence-electron chi connectivity index (χ4n) is 2.26. The lowest BCUT2D eigenvalue weighted by molar-refractivity contribution is 0.276. The summed E-state index contributed by atoms with van der Waals surface area (Å²) < 4.78 is 0. The molecule has 0 fully saturated rings. The van der Waals surface area contributed by atoms with E-state index in [0.29, 0.717) is 6.04 Å². The molecule has 1 aliphatic heterocycles. The van der Waals surface area contributed by atoms with Crippen LogP contribution in [0.3, 0.4) is 0 Å². The lowest BCUT2D eigenvalue weighted by Crippen LogP contribution is -2.36. The van der Waals surface area contributed by atoms with Crippen molar-refractivity contribution in [1.29, 1.82) is 0 Å². The van der Waals surface area contributed by atoms with Crippen molar-refractivity contribution in [3.8, 4) is 0 Å². The van der Waals surface area contributed by atoms with E-state index in [2.05, 4.69) is 61.5 Å². The largest absolute Gasteiger partial charge is 0.378 e. The summed E-state index contributed by atoms with van der Waals surface area (Å²) in [5, 5.41) is 3.48. The van der Waals surface area contributed by atoms with Crippen molar-refractivity contribution >= 4 is 5.69 Å². The highest BCUT2D eigenvalue weighted by Crippen LogP contribution is 2.28. The van der Waals surface area contributed by atoms with Gasteiger partial charge in [-0.1, -0.05) is 6.07 Å². The van der Waals surface area contributed by atoms with Gasteiger partial charge in [-0.15, -0.1) is 0 Å². The summed E-state index contributed by atoms with van der Waals surface area (Å²) in [4.78, 5) is 4.43. The van der Waals surface area contributed by atoms with E-state index in [9.17, 15) is 0 Å². The van der Waals surface area contributed by atoms with E-state index >= 15 is 0 Å². The molecule has 1 N–H and O–H groups in total. The van der Waals surface area contributed by atoms with Gasteiger partial charge in [0.25, 0.3) is 0 Å². The molecule has 1 aliphatic rings. The summed E-state index contributed by atoms with van der Waals surface area (Å²) in [6, 6.07) is 7.27. The molecule has 1 aromatic carbocycles. The number of fused-ring (bicyclic) bond motifs is 1. The van der Waals surface area contributed by atoms with Crippen molar-refractivity contribution in [2.45, 2.75) is 12.6 Å². The molecule has 0 bridgehead atoms. The molecule has 0 aliphatic carbocycles. The van der Waals surface area contributed by atoms with Crippen LogP contribution in [0.15, 0.2) is 18.2 Å². The fourth-order valence-corrected chi connectivity index (χ4v) is 2.26. The molecule has 0 radical (unpaired) electrons. The predicted octanol–water partition coefficient (Wildman–Crippen LogP) is 1.46. The lowest BCUT2D eigenvalue weighted by Gasteiger charge is -2.32. The molecular weight excluding hydrogens is 198 g/mol. The zero-order valence-corrected chi connectivity index (χ0v) is 10.6. The Hall–Kier alpha value is -1.06. The van der Waals surface area contributed by atoms with Crippen LogP contribution in [0, 0.1) is 0 Å². The quantitative estimate of drug-likeness (QED) is 0.812. The van der Waals surface area contributed by atoms with E-state index < -0.39 is 0 Å². The van der Waals surface area contributed by atoms with E-state index in [-0.39, 0.29) is 0 Å². The van der Waals surface area contributed by atoms with Crippen molar-refractivity contribution in [3.05, 3.63) is 29.3 Å². The second-order valence-corrected chi connectivity index (χ2v) is 4.89. The Balaban J connectivity index is 2.37. The van der Waals surface area contributed by atoms with Crippen LogP contribution in [0.2, 0.25) is 0 Å². The number of rotatable bonds is 2. The van der Waals surface area contributed by atoms with Gasteiger partial charge in [0.15, 0.2) is 0 Å². The average molecular weight is 219 g/mol. The number of hydrogen-bond donors (Lipinski definition) is 1. The predicted molar refractivity (Wildman–Crippen MR) is 68.9 cm³/mol. The number of hydrogen-bond acceptors (Lipinski definition) is 3. The standard InChI is InChI=1S/C13H21N3/c1-15(2)11-5-6-12-10(7-11)8-14-9-13(12)16(3)4/h5-7,13-14H,8-9H2,1-4H3/t13-/m0/s1. The molecule has 16 heavy (non-hydrogen) atoms. The van der Waals surface area contributed by atoms with Crippen LogP contribution in [0.25, 0.3) is 0 Å². The maximum Gasteiger partial charge on any atom is 0.0470 e. The molecule has 3 nitrogen and oxygen atoms in total. The molecule has 0 amide bonds. The topological polar surface area (TPSA) is 18.5 Å². The minimum atomic E-state index is 0.500. The van der Waals surface area contributed by atoms with E-state index in [0.717, 1.165) is 13.1 Å². The second-order valence-electron chi connectivity index (χ2n) is 4.89. The summed E-state index contributed by atoms with van der Waals surface area (Å²) >= 11 is 0. The van der Waals surface area contributed by atoms with Gasteiger partial charge in [0.1, 0.15) is 0 Å². The van der Waals surface area contributed by atoms with Crippen LogP contribution < -0.4 is 10.2 Å². The van der Waals surface area contributed by atoms with Gasteiger partial charge in [0, 0.05) is 38.9 Å². The van der Waals surface area contributed by atoms with Crippen LogP contribution in [0.1, 0.15) is 17.2 Å². The molecule has 0 saturated heterocycles. The molecule has 0 spiro atoms. The maximum absolute atomic E-state index is 3.48. The summed E-state index contributed by atoms with van der Waals surface area (Å²) in [7, 11) is 8.45. The number of likely N-dealkylation sites (N-methyl/N-ethyl adjacent to an activating group) is 1. The van der Waals surface area contributed by atoms with Crippen LogP contribution in [-0.4, -0.2) is 39.6 Å².